The van der Waals surface area contributed by atoms with Gasteiger partial charge in [0, 0.05) is 0 Å². The van der Waals surface area contributed by atoms with Crippen molar-refractivity contribution in [2.45, 2.75) is 78.1 Å². The van der Waals surface area contributed by atoms with Crippen LogP contribution in [0.2, 0.25) is 0 Å². The average Bonchev–Trinajstić information content (AvgIpc) is 3.10. The molecule has 0 aliphatic carbocycles. The maximum atomic E-state index is 13.0. The summed E-state index contributed by atoms with van der Waals surface area (Å²) in [6, 6.07) is 35.8. The van der Waals surface area contributed by atoms with Crippen LogP contribution >= 0.6 is 15.6 Å². The van der Waals surface area contributed by atoms with Crippen molar-refractivity contribution in [2.75, 3.05) is 13.2 Å². The van der Waals surface area contributed by atoms with Gasteiger partial charge in [0.15, 0.2) is 0 Å². The second-order valence-electron chi connectivity index (χ2n) is 11.0. The molecule has 0 unspecified atom stereocenters. The van der Waals surface area contributed by atoms with Gasteiger partial charge in [-0.1, -0.05) is 138 Å². The van der Waals surface area contributed by atoms with Gasteiger partial charge in [-0.2, -0.15) is 0 Å². The molecule has 0 aromatic heterocycles. The summed E-state index contributed by atoms with van der Waals surface area (Å²) in [6.07, 6.45) is 10.9. The second-order valence-corrected chi connectivity index (χ2v) is 14.0. The van der Waals surface area contributed by atoms with Crippen LogP contribution in [-0.4, -0.2) is 13.2 Å². The van der Waals surface area contributed by atoms with E-state index in [-0.39, 0.29) is 0 Å². The number of hydrogen-bond acceptors (Lipinski definition) is 8. The summed E-state index contributed by atoms with van der Waals surface area (Å²) in [7, 11) is -7.44. The summed E-state index contributed by atoms with van der Waals surface area (Å²) in [6.45, 7) is 5.04. The SMILES string of the molecule is CCCCCCCOP(=O)(Oc1ccccc1)Oc1ccccc1.CCCCCCCOP(=O)(Oc1ccccc1)Oc1ccccc1. The number of hydrogen-bond donors (Lipinski definition) is 0. The lowest BCUT2D eigenvalue weighted by Crippen LogP contribution is -2.06. The number of unbranched alkanes of at least 4 members (excludes halogenated alkanes) is 8. The number of rotatable bonds is 22. The first kappa shape index (κ1) is 38.9. The van der Waals surface area contributed by atoms with Gasteiger partial charge in [-0.3, -0.25) is 9.05 Å². The number of phosphoric acid groups is 2. The molecule has 8 nitrogen and oxygen atoms in total. The molecule has 10 heteroatoms. The standard InChI is InChI=1S/2C19H25O4P/c2*1-2-3-4-5-12-17-21-24(20,22-18-13-8-6-9-14-18)23-19-15-10-7-11-16-19/h2*6-11,13-16H,2-5,12,17H2,1H3. The van der Waals surface area contributed by atoms with E-state index >= 15 is 0 Å². The first-order valence-electron chi connectivity index (χ1n) is 16.9. The monoisotopic (exact) mass is 696 g/mol. The molecule has 0 radical (unpaired) electrons. The third-order valence-corrected chi connectivity index (χ3v) is 9.57. The quantitative estimate of drug-likeness (QED) is 0.0592. The van der Waals surface area contributed by atoms with E-state index < -0.39 is 15.6 Å². The molecule has 4 aromatic rings. The largest absolute Gasteiger partial charge is 0.587 e. The van der Waals surface area contributed by atoms with Crippen molar-refractivity contribution in [2.24, 2.45) is 0 Å². The van der Waals surface area contributed by atoms with Crippen LogP contribution in [0.4, 0.5) is 0 Å². The van der Waals surface area contributed by atoms with Gasteiger partial charge < -0.3 is 18.1 Å². The van der Waals surface area contributed by atoms with E-state index in [1.165, 1.54) is 25.7 Å². The third-order valence-electron chi connectivity index (χ3n) is 6.84. The van der Waals surface area contributed by atoms with E-state index in [4.69, 9.17) is 27.1 Å². The Balaban J connectivity index is 0.000000260. The van der Waals surface area contributed by atoms with Gasteiger partial charge in [0.25, 0.3) is 0 Å². The van der Waals surface area contributed by atoms with E-state index in [9.17, 15) is 9.13 Å². The molecule has 4 rings (SSSR count). The van der Waals surface area contributed by atoms with Crippen molar-refractivity contribution < 1.29 is 36.3 Å². The zero-order valence-corrected chi connectivity index (χ0v) is 30.0. The molecule has 4 aromatic carbocycles. The molecule has 48 heavy (non-hydrogen) atoms. The highest BCUT2D eigenvalue weighted by Gasteiger charge is 2.31. The Morgan fingerprint density at radius 1 is 0.375 bits per heavy atom. The molecule has 0 saturated heterocycles. The highest BCUT2D eigenvalue weighted by molar-refractivity contribution is 7.49. The summed E-state index contributed by atoms with van der Waals surface area (Å²) in [5.74, 6) is 1.84. The zero-order chi connectivity index (χ0) is 34.2. The van der Waals surface area contributed by atoms with Gasteiger partial charge in [-0.15, -0.1) is 0 Å². The van der Waals surface area contributed by atoms with Crippen molar-refractivity contribution in [1.29, 1.82) is 0 Å². The van der Waals surface area contributed by atoms with Crippen LogP contribution in [0, 0.1) is 0 Å². The number of benzene rings is 4. The van der Waals surface area contributed by atoms with Crippen LogP contribution < -0.4 is 18.1 Å². The summed E-state index contributed by atoms with van der Waals surface area (Å²) >= 11 is 0. The Morgan fingerprint density at radius 3 is 0.875 bits per heavy atom. The minimum absolute atomic E-state index is 0.348. The molecule has 0 saturated carbocycles. The van der Waals surface area contributed by atoms with Gasteiger partial charge in [-0.05, 0) is 61.4 Å². The van der Waals surface area contributed by atoms with E-state index in [1.807, 2.05) is 72.8 Å². The maximum absolute atomic E-state index is 13.0. The predicted octanol–water partition coefficient (Wildman–Crippen LogP) is 12.5. The van der Waals surface area contributed by atoms with Crippen molar-refractivity contribution in [3.63, 3.8) is 0 Å². The van der Waals surface area contributed by atoms with Crippen molar-refractivity contribution >= 4 is 15.6 Å². The van der Waals surface area contributed by atoms with E-state index in [1.54, 1.807) is 48.5 Å². The van der Waals surface area contributed by atoms with Crippen LogP contribution in [0.5, 0.6) is 23.0 Å². The van der Waals surface area contributed by atoms with Crippen LogP contribution in [0.25, 0.3) is 0 Å². The molecule has 0 aliphatic heterocycles. The fraction of sp³-hybridized carbons (Fsp3) is 0.368. The lowest BCUT2D eigenvalue weighted by atomic mass is 10.2. The highest BCUT2D eigenvalue weighted by atomic mass is 31.2. The van der Waals surface area contributed by atoms with Crippen molar-refractivity contribution in [3.8, 4) is 23.0 Å². The Morgan fingerprint density at radius 2 is 0.625 bits per heavy atom. The van der Waals surface area contributed by atoms with Gasteiger partial charge in [0.1, 0.15) is 23.0 Å². The Bertz CT molecular complexity index is 1250. The molecule has 0 aliphatic rings. The number of phosphoric ester groups is 2. The first-order valence-corrected chi connectivity index (χ1v) is 19.8. The predicted molar refractivity (Wildman–Crippen MR) is 193 cm³/mol. The molecule has 0 amide bonds. The molecular formula is C38H50O8P2. The molecule has 0 heterocycles. The fourth-order valence-electron chi connectivity index (χ4n) is 4.35. The molecule has 0 fully saturated rings. The normalized spacial score (nSPS) is 11.2. The Labute approximate surface area is 286 Å². The van der Waals surface area contributed by atoms with E-state index in [2.05, 4.69) is 13.8 Å². The fourth-order valence-corrected chi connectivity index (χ4v) is 6.86. The molecule has 0 spiro atoms. The molecular weight excluding hydrogens is 646 g/mol. The Hall–Kier alpha value is -3.54. The molecule has 0 N–H and O–H groups in total. The lowest BCUT2D eigenvalue weighted by molar-refractivity contribution is 0.204. The van der Waals surface area contributed by atoms with Gasteiger partial charge in [-0.25, -0.2) is 9.13 Å². The minimum Gasteiger partial charge on any atom is -0.395 e. The number of para-hydroxylation sites is 4. The minimum atomic E-state index is -3.72. The van der Waals surface area contributed by atoms with E-state index in [0.717, 1.165) is 38.5 Å². The summed E-state index contributed by atoms with van der Waals surface area (Å²) in [5, 5.41) is 0. The first-order chi connectivity index (χ1) is 23.4. The van der Waals surface area contributed by atoms with Crippen LogP contribution in [0.3, 0.4) is 0 Å². The second kappa shape index (κ2) is 22.9. The molecule has 260 valence electrons. The summed E-state index contributed by atoms with van der Waals surface area (Å²) in [5.41, 5.74) is 0. The van der Waals surface area contributed by atoms with Gasteiger partial charge in [0.2, 0.25) is 0 Å². The zero-order valence-electron chi connectivity index (χ0n) is 28.2. The third kappa shape index (κ3) is 16.5. The maximum Gasteiger partial charge on any atom is 0.587 e. The van der Waals surface area contributed by atoms with Crippen molar-refractivity contribution in [3.05, 3.63) is 121 Å². The Kier molecular flexibility index (Phi) is 18.6. The smallest absolute Gasteiger partial charge is 0.395 e. The molecule has 0 bridgehead atoms. The van der Waals surface area contributed by atoms with E-state index in [0.29, 0.717) is 36.2 Å². The molecule has 0 atom stereocenters. The summed E-state index contributed by atoms with van der Waals surface area (Å²) in [4.78, 5) is 0. The summed E-state index contributed by atoms with van der Waals surface area (Å²) < 4.78 is 59.2. The van der Waals surface area contributed by atoms with Crippen LogP contribution in [0.15, 0.2) is 121 Å². The van der Waals surface area contributed by atoms with Gasteiger partial charge >= 0.3 is 15.6 Å². The average molecular weight is 697 g/mol. The highest BCUT2D eigenvalue weighted by Crippen LogP contribution is 2.50. The van der Waals surface area contributed by atoms with Crippen LogP contribution in [-0.2, 0) is 18.2 Å². The van der Waals surface area contributed by atoms with Crippen LogP contribution in [0.1, 0.15) is 78.1 Å². The topological polar surface area (TPSA) is 89.5 Å². The lowest BCUT2D eigenvalue weighted by Gasteiger charge is -2.19. The van der Waals surface area contributed by atoms with Crippen molar-refractivity contribution in [1.82, 2.24) is 0 Å². The van der Waals surface area contributed by atoms with Gasteiger partial charge in [0.05, 0.1) is 13.2 Å².